The van der Waals surface area contributed by atoms with Crippen molar-refractivity contribution in [3.63, 3.8) is 0 Å². The minimum Gasteiger partial charge on any atom is -0.427 e. The number of amides is 3. The van der Waals surface area contributed by atoms with E-state index in [1.165, 1.54) is 12.1 Å². The Morgan fingerprint density at radius 2 is 1.93 bits per heavy atom. The van der Waals surface area contributed by atoms with Crippen molar-refractivity contribution in [2.75, 3.05) is 13.2 Å². The van der Waals surface area contributed by atoms with E-state index in [1.54, 1.807) is 24.5 Å². The Kier molecular flexibility index (Phi) is 7.80. The molecule has 1 unspecified atom stereocenters. The summed E-state index contributed by atoms with van der Waals surface area (Å²) in [6.07, 6.45) is -1.98. The van der Waals surface area contributed by atoms with Gasteiger partial charge in [0.05, 0.1) is 0 Å². The molecule has 2 heterocycles. The van der Waals surface area contributed by atoms with Gasteiger partial charge in [-0.2, -0.15) is 13.2 Å². The third-order valence-corrected chi connectivity index (χ3v) is 7.59. The van der Waals surface area contributed by atoms with Crippen LogP contribution in [0.5, 0.6) is 0 Å². The van der Waals surface area contributed by atoms with E-state index in [0.29, 0.717) is 40.9 Å². The Morgan fingerprint density at radius 3 is 2.62 bits per heavy atom. The van der Waals surface area contributed by atoms with Crippen LogP contribution in [0.25, 0.3) is 11.4 Å². The predicted octanol–water partition coefficient (Wildman–Crippen LogP) is 4.78. The number of hydrogen-bond acceptors (Lipinski definition) is 6. The van der Waals surface area contributed by atoms with Crippen LogP contribution in [0.15, 0.2) is 54.9 Å². The van der Waals surface area contributed by atoms with E-state index >= 15 is 0 Å². The quantitative estimate of drug-likeness (QED) is 0.334. The van der Waals surface area contributed by atoms with Crippen molar-refractivity contribution in [1.82, 2.24) is 19.4 Å². The summed E-state index contributed by atoms with van der Waals surface area (Å²) < 4.78 is 67.2. The van der Waals surface area contributed by atoms with Gasteiger partial charge in [0.15, 0.2) is 0 Å². The lowest BCUT2D eigenvalue weighted by Crippen LogP contribution is -2.51. The molecule has 2 aliphatic rings. The molecule has 222 valence electrons. The number of imide groups is 1. The SMILES string of the molecule is CCOCn1ccnc1-c1ccc2c(c1)CC[C@@]21OC(=O)N(CC(=O)N(Cc2ccc(F)cc2)C(C)C(F)(F)F)C1=O. The van der Waals surface area contributed by atoms with Gasteiger partial charge in [0.1, 0.15) is 31.0 Å². The topological polar surface area (TPSA) is 94.0 Å². The smallest absolute Gasteiger partial charge is 0.418 e. The highest BCUT2D eigenvalue weighted by Gasteiger charge is 2.58. The molecule has 1 fully saturated rings. The Bertz CT molecular complexity index is 1510. The number of aryl methyl sites for hydroxylation is 1. The van der Waals surface area contributed by atoms with Crippen LogP contribution in [0.1, 0.15) is 37.0 Å². The molecule has 3 amide bonds. The lowest BCUT2D eigenvalue weighted by atomic mass is 9.94. The summed E-state index contributed by atoms with van der Waals surface area (Å²) >= 11 is 0. The standard InChI is InChI=1S/C29H28F4N4O5/c1-3-41-17-35-13-12-34-25(35)21-6-9-23-20(14-21)10-11-28(23)26(39)37(27(40)42-28)16-24(38)36(18(2)29(31,32)33)15-19-4-7-22(30)8-5-19/h4-9,12-14,18H,3,10-11,15-17H2,1-2H3/t18?,28-/m1/s1. The van der Waals surface area contributed by atoms with Crippen LogP contribution >= 0.6 is 0 Å². The minimum absolute atomic E-state index is 0.118. The fourth-order valence-electron chi connectivity index (χ4n) is 5.29. The summed E-state index contributed by atoms with van der Waals surface area (Å²) in [4.78, 5) is 45.2. The Hall–Kier alpha value is -4.26. The second-order valence-corrected chi connectivity index (χ2v) is 10.2. The fourth-order valence-corrected chi connectivity index (χ4v) is 5.29. The molecule has 3 aromatic rings. The lowest BCUT2D eigenvalue weighted by Gasteiger charge is -2.31. The van der Waals surface area contributed by atoms with E-state index < -0.39 is 54.6 Å². The summed E-state index contributed by atoms with van der Waals surface area (Å²) in [5.41, 5.74) is 0.529. The zero-order chi connectivity index (χ0) is 30.2. The monoisotopic (exact) mass is 588 g/mol. The van der Waals surface area contributed by atoms with Crippen molar-refractivity contribution in [3.05, 3.63) is 77.4 Å². The third kappa shape index (κ3) is 5.36. The number of nitrogens with zero attached hydrogens (tertiary/aromatic N) is 4. The van der Waals surface area contributed by atoms with Gasteiger partial charge in [-0.3, -0.25) is 9.59 Å². The number of ether oxygens (including phenoxy) is 2. The molecule has 1 aliphatic carbocycles. The number of halogens is 4. The molecule has 0 radical (unpaired) electrons. The maximum absolute atomic E-state index is 13.7. The minimum atomic E-state index is -4.79. The summed E-state index contributed by atoms with van der Waals surface area (Å²) in [6.45, 7) is 2.06. The van der Waals surface area contributed by atoms with Crippen LogP contribution in [0.4, 0.5) is 22.4 Å². The summed E-state index contributed by atoms with van der Waals surface area (Å²) in [7, 11) is 0. The molecule has 1 spiro atoms. The largest absolute Gasteiger partial charge is 0.427 e. The van der Waals surface area contributed by atoms with Gasteiger partial charge in [-0.25, -0.2) is 19.1 Å². The second-order valence-electron chi connectivity index (χ2n) is 10.2. The molecule has 9 nitrogen and oxygen atoms in total. The Morgan fingerprint density at radius 1 is 1.19 bits per heavy atom. The van der Waals surface area contributed by atoms with E-state index in [0.717, 1.165) is 30.2 Å². The van der Waals surface area contributed by atoms with E-state index in [-0.39, 0.29) is 12.0 Å². The number of alkyl halides is 3. The van der Waals surface area contributed by atoms with Crippen LogP contribution in [-0.4, -0.2) is 62.6 Å². The van der Waals surface area contributed by atoms with Crippen molar-refractivity contribution >= 4 is 17.9 Å². The maximum Gasteiger partial charge on any atom is 0.418 e. The molecule has 42 heavy (non-hydrogen) atoms. The third-order valence-electron chi connectivity index (χ3n) is 7.59. The molecule has 1 saturated heterocycles. The van der Waals surface area contributed by atoms with Crippen molar-refractivity contribution in [2.45, 2.75) is 57.8 Å². The van der Waals surface area contributed by atoms with Crippen LogP contribution in [0.2, 0.25) is 0 Å². The van der Waals surface area contributed by atoms with Crippen molar-refractivity contribution in [2.24, 2.45) is 0 Å². The molecule has 2 aromatic carbocycles. The number of carbonyl (C=O) groups is 3. The van der Waals surface area contributed by atoms with Gasteiger partial charge in [-0.15, -0.1) is 0 Å². The molecule has 0 saturated carbocycles. The van der Waals surface area contributed by atoms with Gasteiger partial charge < -0.3 is 18.9 Å². The average molecular weight is 589 g/mol. The first-order valence-electron chi connectivity index (χ1n) is 13.3. The van der Waals surface area contributed by atoms with E-state index in [2.05, 4.69) is 4.98 Å². The Balaban J connectivity index is 1.37. The molecule has 2 atom stereocenters. The van der Waals surface area contributed by atoms with Crippen LogP contribution in [0.3, 0.4) is 0 Å². The summed E-state index contributed by atoms with van der Waals surface area (Å²) in [6, 6.07) is 7.67. The first-order chi connectivity index (χ1) is 19.9. The number of rotatable bonds is 9. The maximum atomic E-state index is 13.7. The highest BCUT2D eigenvalue weighted by Crippen LogP contribution is 2.46. The molecule has 0 bridgehead atoms. The number of hydrogen-bond donors (Lipinski definition) is 0. The number of benzene rings is 2. The number of aromatic nitrogens is 2. The van der Waals surface area contributed by atoms with Crippen molar-refractivity contribution in [3.8, 4) is 11.4 Å². The average Bonchev–Trinajstić information content (AvgIpc) is 3.63. The van der Waals surface area contributed by atoms with Gasteiger partial charge >= 0.3 is 12.3 Å². The highest BCUT2D eigenvalue weighted by molar-refractivity contribution is 6.06. The normalized spacial score (nSPS) is 18.9. The fraction of sp³-hybridized carbons (Fsp3) is 0.379. The zero-order valence-corrected chi connectivity index (χ0v) is 22.9. The molecule has 13 heteroatoms. The van der Waals surface area contributed by atoms with E-state index in [4.69, 9.17) is 9.47 Å². The van der Waals surface area contributed by atoms with Crippen LogP contribution in [-0.2, 0) is 44.4 Å². The molecule has 5 rings (SSSR count). The van der Waals surface area contributed by atoms with Gasteiger partial charge in [0.2, 0.25) is 11.5 Å². The molecular formula is C29H28F4N4O5. The predicted molar refractivity (Wildman–Crippen MR) is 140 cm³/mol. The second kappa shape index (κ2) is 11.2. The summed E-state index contributed by atoms with van der Waals surface area (Å²) in [5.74, 6) is -1.86. The van der Waals surface area contributed by atoms with Gasteiger partial charge in [-0.05, 0) is 49.6 Å². The summed E-state index contributed by atoms with van der Waals surface area (Å²) in [5, 5.41) is 0. The van der Waals surface area contributed by atoms with Crippen molar-refractivity contribution in [1.29, 1.82) is 0 Å². The lowest BCUT2D eigenvalue weighted by molar-refractivity contribution is -0.187. The Labute approximate surface area is 238 Å². The van der Waals surface area contributed by atoms with Crippen LogP contribution < -0.4 is 0 Å². The zero-order valence-electron chi connectivity index (χ0n) is 22.9. The highest BCUT2D eigenvalue weighted by atomic mass is 19.4. The van der Waals surface area contributed by atoms with Gasteiger partial charge in [-0.1, -0.05) is 24.3 Å². The van der Waals surface area contributed by atoms with E-state index in [1.807, 2.05) is 17.6 Å². The first kappa shape index (κ1) is 29.2. The van der Waals surface area contributed by atoms with Gasteiger partial charge in [0, 0.05) is 43.1 Å². The van der Waals surface area contributed by atoms with Gasteiger partial charge in [0.25, 0.3) is 5.91 Å². The number of carbonyl (C=O) groups excluding carboxylic acids is 3. The molecule has 1 aromatic heterocycles. The number of imidazole rings is 1. The molecular weight excluding hydrogens is 560 g/mol. The molecule has 1 aliphatic heterocycles. The van der Waals surface area contributed by atoms with E-state index in [9.17, 15) is 31.9 Å². The molecule has 0 N–H and O–H groups in total. The van der Waals surface area contributed by atoms with Crippen molar-refractivity contribution < 1.29 is 41.4 Å². The number of fused-ring (bicyclic) bond motifs is 2. The van der Waals surface area contributed by atoms with Crippen LogP contribution in [0, 0.1) is 5.82 Å². The first-order valence-corrected chi connectivity index (χ1v) is 13.3.